The molecule has 0 aliphatic carbocycles. The number of carboxylic acids is 1. The molecule has 2 rings (SSSR count). The predicted octanol–water partition coefficient (Wildman–Crippen LogP) is 3.62. The molecule has 0 aromatic heterocycles. The van der Waals surface area contributed by atoms with E-state index in [1.807, 2.05) is 6.92 Å². The zero-order chi connectivity index (χ0) is 18.6. The topological polar surface area (TPSA) is 87.1 Å². The second-order valence-corrected chi connectivity index (χ2v) is 7.64. The third-order valence-electron chi connectivity index (χ3n) is 3.29. The van der Waals surface area contributed by atoms with Crippen molar-refractivity contribution in [2.75, 3.05) is 13.2 Å². The normalized spacial score (nSPS) is 15.9. The summed E-state index contributed by atoms with van der Waals surface area (Å²) < 4.78 is 6.24. The molecule has 6 nitrogen and oxygen atoms in total. The van der Waals surface area contributed by atoms with Crippen LogP contribution < -0.4 is 4.74 Å². The number of carbonyl (C=O) groups excluding carboxylic acids is 1. The first kappa shape index (κ1) is 19.7. The Morgan fingerprint density at radius 1 is 1.48 bits per heavy atom. The summed E-state index contributed by atoms with van der Waals surface area (Å²) in [5.74, 6) is -0.832. The summed E-state index contributed by atoms with van der Waals surface area (Å²) in [6, 6.07) is 3.31. The molecule has 1 fully saturated rings. The molecule has 134 valence electrons. The second-order valence-electron chi connectivity index (χ2n) is 5.11. The first-order valence-electron chi connectivity index (χ1n) is 7.46. The van der Waals surface area contributed by atoms with E-state index < -0.39 is 5.97 Å². The lowest BCUT2D eigenvalue weighted by atomic mass is 10.2. The van der Waals surface area contributed by atoms with E-state index in [2.05, 4.69) is 15.9 Å². The van der Waals surface area contributed by atoms with Gasteiger partial charge in [-0.2, -0.15) is 0 Å². The number of phenolic OH excluding ortho intramolecular Hbond substituents is 1. The summed E-state index contributed by atoms with van der Waals surface area (Å²) in [6.45, 7) is 2.48. The molecule has 2 N–H and O–H groups in total. The number of benzene rings is 1. The highest BCUT2D eigenvalue weighted by Gasteiger charge is 2.31. The van der Waals surface area contributed by atoms with Crippen LogP contribution in [0, 0.1) is 0 Å². The van der Waals surface area contributed by atoms with Gasteiger partial charge in [0.15, 0.2) is 11.5 Å². The van der Waals surface area contributed by atoms with Crippen molar-refractivity contribution in [2.24, 2.45) is 0 Å². The van der Waals surface area contributed by atoms with E-state index >= 15 is 0 Å². The lowest BCUT2D eigenvalue weighted by Crippen LogP contribution is -2.29. The van der Waals surface area contributed by atoms with Crippen LogP contribution >= 0.6 is 39.9 Å². The summed E-state index contributed by atoms with van der Waals surface area (Å²) in [7, 11) is 0. The average molecular weight is 446 g/mol. The highest BCUT2D eigenvalue weighted by Crippen LogP contribution is 2.38. The van der Waals surface area contributed by atoms with Crippen molar-refractivity contribution in [3.63, 3.8) is 0 Å². The highest BCUT2D eigenvalue weighted by molar-refractivity contribution is 9.10. The van der Waals surface area contributed by atoms with Gasteiger partial charge >= 0.3 is 5.97 Å². The van der Waals surface area contributed by atoms with E-state index in [0.717, 1.165) is 0 Å². The molecule has 0 radical (unpaired) electrons. The Hall–Kier alpha value is -1.58. The average Bonchev–Trinajstić information content (AvgIpc) is 2.79. The third kappa shape index (κ3) is 4.96. The first-order valence-corrected chi connectivity index (χ1v) is 9.47. The van der Waals surface area contributed by atoms with Crippen molar-refractivity contribution in [1.82, 2.24) is 4.90 Å². The molecule has 0 bridgehead atoms. The maximum Gasteiger partial charge on any atom is 0.303 e. The fourth-order valence-electron chi connectivity index (χ4n) is 2.18. The van der Waals surface area contributed by atoms with E-state index in [9.17, 15) is 14.7 Å². The Balaban J connectivity index is 2.20. The number of thiocarbonyl (C=S) groups is 1. The van der Waals surface area contributed by atoms with Gasteiger partial charge in [0.1, 0.15) is 4.32 Å². The third-order valence-corrected chi connectivity index (χ3v) is 5.28. The molecule has 25 heavy (non-hydrogen) atoms. The Morgan fingerprint density at radius 2 is 2.20 bits per heavy atom. The first-order chi connectivity index (χ1) is 11.8. The fraction of sp³-hybridized carbons (Fsp3) is 0.312. The monoisotopic (exact) mass is 445 g/mol. The minimum Gasteiger partial charge on any atom is -0.503 e. The second kappa shape index (κ2) is 8.68. The van der Waals surface area contributed by atoms with Crippen LogP contribution in [0.4, 0.5) is 0 Å². The summed E-state index contributed by atoms with van der Waals surface area (Å²) in [5, 5.41) is 18.6. The van der Waals surface area contributed by atoms with Crippen molar-refractivity contribution >= 4 is 62.2 Å². The van der Waals surface area contributed by atoms with Gasteiger partial charge in [-0.3, -0.25) is 14.5 Å². The zero-order valence-electron chi connectivity index (χ0n) is 13.3. The minimum atomic E-state index is -0.904. The van der Waals surface area contributed by atoms with Crippen molar-refractivity contribution in [1.29, 1.82) is 0 Å². The number of aliphatic carboxylic acids is 1. The lowest BCUT2D eigenvalue weighted by molar-refractivity contribution is -0.137. The number of rotatable bonds is 7. The highest BCUT2D eigenvalue weighted by atomic mass is 79.9. The number of ether oxygens (including phenoxy) is 1. The molecule has 1 saturated heterocycles. The molecule has 1 aromatic carbocycles. The van der Waals surface area contributed by atoms with Crippen LogP contribution in [0.3, 0.4) is 0 Å². The van der Waals surface area contributed by atoms with Gasteiger partial charge in [0.25, 0.3) is 5.91 Å². The molecule has 9 heteroatoms. The van der Waals surface area contributed by atoms with E-state index in [1.54, 1.807) is 18.2 Å². The number of hydrogen-bond donors (Lipinski definition) is 2. The van der Waals surface area contributed by atoms with Crippen LogP contribution in [0.1, 0.15) is 25.3 Å². The predicted molar refractivity (Wildman–Crippen MR) is 104 cm³/mol. The molecule has 1 amide bonds. The number of amides is 1. The van der Waals surface area contributed by atoms with Crippen LogP contribution in [0.5, 0.6) is 11.5 Å². The van der Waals surface area contributed by atoms with Crippen LogP contribution in [0.2, 0.25) is 0 Å². The Labute approximate surface area is 163 Å². The number of nitrogens with zero attached hydrogens (tertiary/aromatic N) is 1. The molecule has 1 aromatic rings. The number of halogens is 1. The molecule has 0 spiro atoms. The van der Waals surface area contributed by atoms with Gasteiger partial charge < -0.3 is 14.9 Å². The standard InChI is InChI=1S/C16H16BrNO5S2/c1-2-23-11-7-9(6-10(17)14(11)21)8-12-15(22)18(16(24)25-12)5-3-4-13(19)20/h6-8,21H,2-5H2,1H3,(H,19,20)/b12-8-. The molecule has 0 saturated carbocycles. The van der Waals surface area contributed by atoms with Crippen LogP contribution in [-0.2, 0) is 9.59 Å². The summed E-state index contributed by atoms with van der Waals surface area (Å²) in [6.07, 6.45) is 2.00. The van der Waals surface area contributed by atoms with Gasteiger partial charge in [-0.05, 0) is 53.0 Å². The zero-order valence-corrected chi connectivity index (χ0v) is 16.5. The lowest BCUT2D eigenvalue weighted by Gasteiger charge is -2.13. The number of carboxylic acid groups (broad SMARTS) is 1. The molecule has 1 aliphatic rings. The Bertz CT molecular complexity index is 750. The fourth-order valence-corrected chi connectivity index (χ4v) is 3.94. The summed E-state index contributed by atoms with van der Waals surface area (Å²) >= 11 is 9.64. The SMILES string of the molecule is CCOc1cc(/C=C2\SC(=S)N(CCCC(=O)O)C2=O)cc(Br)c1O. The van der Waals surface area contributed by atoms with Crippen molar-refractivity contribution in [3.8, 4) is 11.5 Å². The van der Waals surface area contributed by atoms with Gasteiger partial charge in [-0.25, -0.2) is 0 Å². The van der Waals surface area contributed by atoms with Crippen LogP contribution in [-0.4, -0.2) is 44.5 Å². The van der Waals surface area contributed by atoms with E-state index in [-0.39, 0.29) is 24.6 Å². The molecule has 1 aliphatic heterocycles. The minimum absolute atomic E-state index is 0.000203. The van der Waals surface area contributed by atoms with Crippen LogP contribution in [0.25, 0.3) is 6.08 Å². The van der Waals surface area contributed by atoms with E-state index in [1.165, 1.54) is 16.7 Å². The Morgan fingerprint density at radius 3 is 2.84 bits per heavy atom. The van der Waals surface area contributed by atoms with Crippen LogP contribution in [0.15, 0.2) is 21.5 Å². The summed E-state index contributed by atoms with van der Waals surface area (Å²) in [5.41, 5.74) is 0.680. The maximum absolute atomic E-state index is 12.5. The number of aromatic hydroxyl groups is 1. The number of phenols is 1. The maximum atomic E-state index is 12.5. The molecule has 1 heterocycles. The van der Waals surface area contributed by atoms with Gasteiger partial charge in [0.2, 0.25) is 0 Å². The Kier molecular flexibility index (Phi) is 6.86. The van der Waals surface area contributed by atoms with E-state index in [0.29, 0.717) is 38.0 Å². The largest absolute Gasteiger partial charge is 0.503 e. The van der Waals surface area contributed by atoms with Gasteiger partial charge in [-0.1, -0.05) is 24.0 Å². The molecule has 0 unspecified atom stereocenters. The van der Waals surface area contributed by atoms with Crippen molar-refractivity contribution in [3.05, 3.63) is 27.1 Å². The van der Waals surface area contributed by atoms with Crippen molar-refractivity contribution < 1.29 is 24.5 Å². The molecular formula is C16H16BrNO5S2. The van der Waals surface area contributed by atoms with Gasteiger partial charge in [0.05, 0.1) is 16.0 Å². The van der Waals surface area contributed by atoms with E-state index in [4.69, 9.17) is 22.1 Å². The quantitative estimate of drug-likeness (QED) is 0.489. The number of thioether (sulfide) groups is 1. The smallest absolute Gasteiger partial charge is 0.303 e. The van der Waals surface area contributed by atoms with Gasteiger partial charge in [0, 0.05) is 13.0 Å². The molecule has 0 atom stereocenters. The van der Waals surface area contributed by atoms with Crippen molar-refractivity contribution in [2.45, 2.75) is 19.8 Å². The molecular weight excluding hydrogens is 430 g/mol. The number of hydrogen-bond acceptors (Lipinski definition) is 6. The summed E-state index contributed by atoms with van der Waals surface area (Å²) in [4.78, 5) is 24.9. The number of carbonyl (C=O) groups is 2. The van der Waals surface area contributed by atoms with Gasteiger partial charge in [-0.15, -0.1) is 0 Å².